The normalized spacial score (nSPS) is 17.8. The van der Waals surface area contributed by atoms with E-state index >= 15 is 0 Å². The number of hydrogen-bond donors (Lipinski definition) is 1. The topological polar surface area (TPSA) is 79.3 Å². The summed E-state index contributed by atoms with van der Waals surface area (Å²) < 4.78 is 50.2. The van der Waals surface area contributed by atoms with Crippen molar-refractivity contribution >= 4 is 12.0 Å². The van der Waals surface area contributed by atoms with E-state index in [0.717, 1.165) is 17.7 Å². The Hall–Kier alpha value is -3.27. The van der Waals surface area contributed by atoms with Gasteiger partial charge in [-0.05, 0) is 49.2 Å². The minimum atomic E-state index is -4.43. The zero-order valence-electron chi connectivity index (χ0n) is 20.5. The van der Waals surface area contributed by atoms with Gasteiger partial charge < -0.3 is 24.4 Å². The number of likely N-dealkylation sites (N-methyl/N-ethyl adjacent to an activating group) is 1. The quantitative estimate of drug-likeness (QED) is 0.470. The van der Waals surface area contributed by atoms with Crippen molar-refractivity contribution in [1.29, 1.82) is 0 Å². The maximum absolute atomic E-state index is 13.0. The number of hydrogen-bond acceptors (Lipinski definition) is 4. The molecule has 0 spiro atoms. The molecule has 2 aromatic rings. The lowest BCUT2D eigenvalue weighted by Crippen LogP contribution is -2.40. The van der Waals surface area contributed by atoms with Crippen LogP contribution in [0.5, 0.6) is 5.75 Å². The number of aliphatic carboxylic acids is 1. The Morgan fingerprint density at radius 2 is 1.83 bits per heavy atom. The molecule has 2 amide bonds. The highest BCUT2D eigenvalue weighted by Crippen LogP contribution is 2.30. The molecule has 7 nitrogen and oxygen atoms in total. The van der Waals surface area contributed by atoms with E-state index in [9.17, 15) is 27.9 Å². The average Bonchev–Trinajstić information content (AvgIpc) is 3.08. The first-order chi connectivity index (χ1) is 16.9. The summed E-state index contributed by atoms with van der Waals surface area (Å²) in [5, 5.41) is 9.46. The molecule has 1 fully saturated rings. The van der Waals surface area contributed by atoms with Crippen LogP contribution in [0.1, 0.15) is 37.0 Å². The van der Waals surface area contributed by atoms with E-state index in [2.05, 4.69) is 0 Å². The SMILES string of the molecule is CCO[C@@](C)(Cc1ccc(OCC[C@@H]2CN(Cc3cccc(C(F)(F)F)c3)C(=O)N2C)cc1)C(=O)O. The Balaban J connectivity index is 1.52. The molecule has 36 heavy (non-hydrogen) atoms. The number of urea groups is 1. The highest BCUT2D eigenvalue weighted by Gasteiger charge is 2.36. The lowest BCUT2D eigenvalue weighted by atomic mass is 9.96. The van der Waals surface area contributed by atoms with Gasteiger partial charge in [0, 0.05) is 39.6 Å². The van der Waals surface area contributed by atoms with Crippen LogP contribution in [0.4, 0.5) is 18.0 Å². The van der Waals surface area contributed by atoms with Gasteiger partial charge in [0.2, 0.25) is 0 Å². The van der Waals surface area contributed by atoms with Crippen molar-refractivity contribution in [2.24, 2.45) is 0 Å². The van der Waals surface area contributed by atoms with Gasteiger partial charge in [0.15, 0.2) is 5.60 Å². The molecule has 0 bridgehead atoms. The van der Waals surface area contributed by atoms with Crippen LogP contribution in [0.2, 0.25) is 0 Å². The molecule has 1 aliphatic heterocycles. The molecule has 0 radical (unpaired) electrons. The molecular weight excluding hydrogens is 477 g/mol. The second-order valence-corrected chi connectivity index (χ2v) is 9.05. The Bertz CT molecular complexity index is 1060. The highest BCUT2D eigenvalue weighted by molar-refractivity contribution is 5.77. The lowest BCUT2D eigenvalue weighted by molar-refractivity contribution is -0.162. The molecule has 1 heterocycles. The predicted octanol–water partition coefficient (Wildman–Crippen LogP) is 4.83. The number of carbonyl (C=O) groups is 2. The third-order valence-electron chi connectivity index (χ3n) is 6.28. The number of benzene rings is 2. The number of nitrogens with zero attached hydrogens (tertiary/aromatic N) is 2. The maximum atomic E-state index is 13.0. The number of halogens is 3. The van der Waals surface area contributed by atoms with E-state index in [1.54, 1.807) is 56.1 Å². The summed E-state index contributed by atoms with van der Waals surface area (Å²) in [6.45, 7) is 4.41. The molecule has 196 valence electrons. The van der Waals surface area contributed by atoms with Crippen molar-refractivity contribution < 1.29 is 37.3 Å². The van der Waals surface area contributed by atoms with Crippen molar-refractivity contribution in [2.75, 3.05) is 26.8 Å². The Morgan fingerprint density at radius 3 is 2.44 bits per heavy atom. The van der Waals surface area contributed by atoms with Crippen LogP contribution >= 0.6 is 0 Å². The van der Waals surface area contributed by atoms with E-state index < -0.39 is 23.3 Å². The average molecular weight is 509 g/mol. The minimum Gasteiger partial charge on any atom is -0.494 e. The van der Waals surface area contributed by atoms with Gasteiger partial charge in [0.1, 0.15) is 5.75 Å². The van der Waals surface area contributed by atoms with Crippen LogP contribution in [0, 0.1) is 0 Å². The summed E-state index contributed by atoms with van der Waals surface area (Å²) in [7, 11) is 1.67. The summed E-state index contributed by atoms with van der Waals surface area (Å²) >= 11 is 0. The number of carboxylic acids is 1. The maximum Gasteiger partial charge on any atom is 0.416 e. The monoisotopic (exact) mass is 508 g/mol. The molecule has 0 saturated carbocycles. The molecule has 1 saturated heterocycles. The van der Waals surface area contributed by atoms with Gasteiger partial charge in [-0.15, -0.1) is 0 Å². The predicted molar refractivity (Wildman–Crippen MR) is 127 cm³/mol. The molecule has 0 unspecified atom stereocenters. The van der Waals surface area contributed by atoms with Crippen LogP contribution in [0.15, 0.2) is 48.5 Å². The summed E-state index contributed by atoms with van der Waals surface area (Å²) in [6.07, 6.45) is -3.67. The van der Waals surface area contributed by atoms with Crippen molar-refractivity contribution in [1.82, 2.24) is 9.80 Å². The Morgan fingerprint density at radius 1 is 1.14 bits per heavy atom. The van der Waals surface area contributed by atoms with Crippen molar-refractivity contribution in [3.63, 3.8) is 0 Å². The summed E-state index contributed by atoms with van der Waals surface area (Å²) in [5.74, 6) is -0.415. The van der Waals surface area contributed by atoms with Crippen LogP contribution in [0.3, 0.4) is 0 Å². The van der Waals surface area contributed by atoms with E-state index in [4.69, 9.17) is 9.47 Å². The van der Waals surface area contributed by atoms with Crippen molar-refractivity contribution in [3.05, 3.63) is 65.2 Å². The molecule has 1 N–H and O–H groups in total. The van der Waals surface area contributed by atoms with Crippen LogP contribution in [-0.4, -0.2) is 65.4 Å². The van der Waals surface area contributed by atoms with E-state index in [-0.39, 0.29) is 25.0 Å². The first-order valence-corrected chi connectivity index (χ1v) is 11.7. The van der Waals surface area contributed by atoms with E-state index in [1.807, 2.05) is 0 Å². The van der Waals surface area contributed by atoms with Gasteiger partial charge in [0.25, 0.3) is 0 Å². The fourth-order valence-corrected chi connectivity index (χ4v) is 4.23. The molecule has 2 aromatic carbocycles. The third kappa shape index (κ3) is 6.69. The number of carboxylic acid groups (broad SMARTS) is 1. The number of alkyl halides is 3. The second kappa shape index (κ2) is 11.2. The van der Waals surface area contributed by atoms with E-state index in [0.29, 0.717) is 37.5 Å². The second-order valence-electron chi connectivity index (χ2n) is 9.05. The lowest BCUT2D eigenvalue weighted by Gasteiger charge is -2.24. The van der Waals surface area contributed by atoms with Crippen LogP contribution < -0.4 is 4.74 Å². The smallest absolute Gasteiger partial charge is 0.416 e. The van der Waals surface area contributed by atoms with Crippen LogP contribution in [0.25, 0.3) is 0 Å². The highest BCUT2D eigenvalue weighted by atomic mass is 19.4. The zero-order valence-corrected chi connectivity index (χ0v) is 20.5. The molecule has 1 aliphatic rings. The van der Waals surface area contributed by atoms with Gasteiger partial charge in [0.05, 0.1) is 18.2 Å². The molecule has 0 aliphatic carbocycles. The number of rotatable bonds is 11. The summed E-state index contributed by atoms with van der Waals surface area (Å²) in [6, 6.07) is 11.7. The molecule has 2 atom stereocenters. The fourth-order valence-electron chi connectivity index (χ4n) is 4.23. The summed E-state index contributed by atoms with van der Waals surface area (Å²) in [4.78, 5) is 27.3. The number of ether oxygens (including phenoxy) is 2. The first kappa shape index (κ1) is 27.3. The third-order valence-corrected chi connectivity index (χ3v) is 6.28. The van der Waals surface area contributed by atoms with Crippen LogP contribution in [-0.2, 0) is 28.7 Å². The Labute approximate surface area is 208 Å². The van der Waals surface area contributed by atoms with Gasteiger partial charge >= 0.3 is 18.2 Å². The Kier molecular flexibility index (Phi) is 8.50. The molecular formula is C26H31F3N2O5. The van der Waals surface area contributed by atoms with Gasteiger partial charge in [-0.1, -0.05) is 24.3 Å². The minimum absolute atomic E-state index is 0.100. The van der Waals surface area contributed by atoms with Gasteiger partial charge in [-0.25, -0.2) is 9.59 Å². The number of carbonyl (C=O) groups excluding carboxylic acids is 1. The molecule has 0 aromatic heterocycles. The fraction of sp³-hybridized carbons (Fsp3) is 0.462. The zero-order chi connectivity index (χ0) is 26.5. The standard InChI is InChI=1S/C26H31F3N2O5/c1-4-36-25(2,23(32)33)15-18-8-10-22(11-9-18)35-13-12-21-17-31(24(34)30(21)3)16-19-6-5-7-20(14-19)26(27,28)29/h5-11,14,21H,4,12-13,15-17H2,1-3H3,(H,32,33)/t21-,25+/m1/s1. The molecule has 3 rings (SSSR count). The van der Waals surface area contributed by atoms with E-state index in [1.165, 1.54) is 11.0 Å². The van der Waals surface area contributed by atoms with Gasteiger partial charge in [-0.2, -0.15) is 13.2 Å². The largest absolute Gasteiger partial charge is 0.494 e. The van der Waals surface area contributed by atoms with Crippen molar-refractivity contribution in [3.8, 4) is 5.75 Å². The van der Waals surface area contributed by atoms with Gasteiger partial charge in [-0.3, -0.25) is 0 Å². The summed E-state index contributed by atoms with van der Waals surface area (Å²) in [5.41, 5.74) is -0.822. The number of amides is 2. The molecule has 10 heteroatoms. The van der Waals surface area contributed by atoms with Crippen molar-refractivity contribution in [2.45, 2.75) is 51.1 Å². The first-order valence-electron chi connectivity index (χ1n) is 11.7.